The normalized spacial score (nSPS) is 15.5. The lowest BCUT2D eigenvalue weighted by atomic mass is 10.1. The fourth-order valence-electron chi connectivity index (χ4n) is 2.24. The van der Waals surface area contributed by atoms with Crippen LogP contribution < -0.4 is 14.8 Å². The zero-order valence-corrected chi connectivity index (χ0v) is 15.3. The third-order valence-electron chi connectivity index (χ3n) is 3.19. The van der Waals surface area contributed by atoms with Crippen molar-refractivity contribution >= 4 is 39.9 Å². The molecule has 8 nitrogen and oxygen atoms in total. The first kappa shape index (κ1) is 18.8. The summed E-state index contributed by atoms with van der Waals surface area (Å²) in [5, 5.41) is 11.1. The van der Waals surface area contributed by atoms with Gasteiger partial charge in [-0.05, 0) is 53.5 Å². The number of aliphatic carboxylic acids is 1. The van der Waals surface area contributed by atoms with Crippen molar-refractivity contribution in [1.29, 1.82) is 0 Å². The van der Waals surface area contributed by atoms with Gasteiger partial charge >= 0.3 is 12.0 Å². The van der Waals surface area contributed by atoms with Crippen LogP contribution in [0.4, 0.5) is 4.79 Å². The lowest BCUT2D eigenvalue weighted by Crippen LogP contribution is -2.35. The highest BCUT2D eigenvalue weighted by molar-refractivity contribution is 9.10. The third-order valence-corrected chi connectivity index (χ3v) is 3.78. The van der Waals surface area contributed by atoms with Crippen molar-refractivity contribution < 1.29 is 29.0 Å². The highest BCUT2D eigenvalue weighted by atomic mass is 79.9. The van der Waals surface area contributed by atoms with E-state index in [0.29, 0.717) is 39.6 Å². The molecule has 1 saturated heterocycles. The van der Waals surface area contributed by atoms with Crippen LogP contribution in [-0.2, 0) is 9.59 Å². The number of halogens is 1. The predicted octanol–water partition coefficient (Wildman–Crippen LogP) is 2.22. The van der Waals surface area contributed by atoms with Crippen LogP contribution in [0.25, 0.3) is 6.08 Å². The Bertz CT molecular complexity index is 746. The van der Waals surface area contributed by atoms with Crippen molar-refractivity contribution in [2.24, 2.45) is 0 Å². The SMILES string of the molecule is CCOc1cc(/C=C2/NC(=O)N(CC(=O)O)C2=O)cc(Br)c1OCC. The van der Waals surface area contributed by atoms with E-state index in [9.17, 15) is 14.4 Å². The Balaban J connectivity index is 2.36. The minimum absolute atomic E-state index is 0.00948. The Morgan fingerprint density at radius 1 is 1.28 bits per heavy atom. The summed E-state index contributed by atoms with van der Waals surface area (Å²) in [6, 6.07) is 2.61. The molecule has 2 rings (SSSR count). The molecule has 3 amide bonds. The van der Waals surface area contributed by atoms with Gasteiger partial charge < -0.3 is 19.9 Å². The molecule has 1 fully saturated rings. The Hall–Kier alpha value is -2.55. The van der Waals surface area contributed by atoms with Gasteiger partial charge in [0.25, 0.3) is 5.91 Å². The van der Waals surface area contributed by atoms with Crippen LogP contribution in [0, 0.1) is 0 Å². The summed E-state index contributed by atoms with van der Waals surface area (Å²) in [6.45, 7) is 3.87. The quantitative estimate of drug-likeness (QED) is 0.525. The minimum atomic E-state index is -1.27. The molecule has 0 radical (unpaired) electrons. The number of imide groups is 1. The summed E-state index contributed by atoms with van der Waals surface area (Å²) in [7, 11) is 0. The number of nitrogens with one attached hydrogen (secondary N) is 1. The van der Waals surface area contributed by atoms with E-state index in [1.165, 1.54) is 6.08 Å². The summed E-state index contributed by atoms with van der Waals surface area (Å²) in [5.74, 6) is -0.937. The maximum Gasteiger partial charge on any atom is 0.329 e. The fraction of sp³-hybridized carbons (Fsp3) is 0.312. The average molecular weight is 413 g/mol. The number of ether oxygens (including phenoxy) is 2. The summed E-state index contributed by atoms with van der Waals surface area (Å²) in [5.41, 5.74) is 0.573. The average Bonchev–Trinajstić information content (AvgIpc) is 2.78. The highest BCUT2D eigenvalue weighted by Gasteiger charge is 2.34. The van der Waals surface area contributed by atoms with Gasteiger partial charge in [-0.3, -0.25) is 9.59 Å². The largest absolute Gasteiger partial charge is 0.490 e. The molecule has 2 N–H and O–H groups in total. The molecule has 25 heavy (non-hydrogen) atoms. The number of hydrogen-bond donors (Lipinski definition) is 2. The first-order valence-electron chi connectivity index (χ1n) is 7.52. The van der Waals surface area contributed by atoms with Crippen molar-refractivity contribution in [3.63, 3.8) is 0 Å². The van der Waals surface area contributed by atoms with Gasteiger partial charge in [0, 0.05) is 0 Å². The van der Waals surface area contributed by atoms with Gasteiger partial charge in [0.05, 0.1) is 17.7 Å². The van der Waals surface area contributed by atoms with Crippen molar-refractivity contribution in [3.05, 3.63) is 27.9 Å². The molecule has 0 spiro atoms. The Labute approximate surface area is 152 Å². The maximum absolute atomic E-state index is 12.2. The molecule has 1 aliphatic heterocycles. The Morgan fingerprint density at radius 3 is 2.56 bits per heavy atom. The molecule has 0 aromatic heterocycles. The first-order valence-corrected chi connectivity index (χ1v) is 8.32. The molecular weight excluding hydrogens is 396 g/mol. The molecular formula is C16H17BrN2O6. The molecule has 0 saturated carbocycles. The van der Waals surface area contributed by atoms with Gasteiger partial charge in [0.1, 0.15) is 12.2 Å². The second-order valence-electron chi connectivity index (χ2n) is 4.97. The molecule has 0 unspecified atom stereocenters. The van der Waals surface area contributed by atoms with E-state index in [-0.39, 0.29) is 5.70 Å². The molecule has 0 bridgehead atoms. The summed E-state index contributed by atoms with van der Waals surface area (Å²) < 4.78 is 11.7. The minimum Gasteiger partial charge on any atom is -0.490 e. The molecule has 1 heterocycles. The lowest BCUT2D eigenvalue weighted by molar-refractivity contribution is -0.140. The van der Waals surface area contributed by atoms with Crippen LogP contribution in [0.1, 0.15) is 19.4 Å². The van der Waals surface area contributed by atoms with Crippen LogP contribution in [0.5, 0.6) is 11.5 Å². The predicted molar refractivity (Wildman–Crippen MR) is 92.3 cm³/mol. The van der Waals surface area contributed by atoms with Crippen LogP contribution >= 0.6 is 15.9 Å². The van der Waals surface area contributed by atoms with E-state index >= 15 is 0 Å². The standard InChI is InChI=1S/C16H17BrN2O6/c1-3-24-12-7-9(5-10(17)14(12)25-4-2)6-11-15(22)19(8-13(20)21)16(23)18-11/h5-7H,3-4,8H2,1-2H3,(H,18,23)(H,20,21)/b11-6+. The van der Waals surface area contributed by atoms with Crippen LogP contribution in [-0.4, -0.2) is 47.7 Å². The molecule has 1 aliphatic rings. The van der Waals surface area contributed by atoms with Crippen LogP contribution in [0.15, 0.2) is 22.3 Å². The van der Waals surface area contributed by atoms with E-state index in [0.717, 1.165) is 0 Å². The van der Waals surface area contributed by atoms with Gasteiger partial charge in [0.15, 0.2) is 11.5 Å². The molecule has 0 aliphatic carbocycles. The number of benzene rings is 1. The van der Waals surface area contributed by atoms with Crippen molar-refractivity contribution in [1.82, 2.24) is 10.2 Å². The lowest BCUT2D eigenvalue weighted by Gasteiger charge is -2.13. The molecule has 1 aromatic rings. The van der Waals surface area contributed by atoms with Crippen LogP contribution in [0.3, 0.4) is 0 Å². The summed E-state index contributed by atoms with van der Waals surface area (Å²) in [4.78, 5) is 35.3. The summed E-state index contributed by atoms with van der Waals surface area (Å²) >= 11 is 3.40. The van der Waals surface area contributed by atoms with Gasteiger partial charge in [-0.25, -0.2) is 9.69 Å². The van der Waals surface area contributed by atoms with E-state index in [2.05, 4.69) is 21.2 Å². The van der Waals surface area contributed by atoms with Gasteiger partial charge in [-0.15, -0.1) is 0 Å². The monoisotopic (exact) mass is 412 g/mol. The van der Waals surface area contributed by atoms with Crippen molar-refractivity contribution in [2.45, 2.75) is 13.8 Å². The second-order valence-corrected chi connectivity index (χ2v) is 5.82. The number of nitrogens with zero attached hydrogens (tertiary/aromatic N) is 1. The number of amides is 3. The number of carbonyl (C=O) groups is 3. The molecule has 134 valence electrons. The number of urea groups is 1. The number of carboxylic acids is 1. The third kappa shape index (κ3) is 4.30. The second kappa shape index (κ2) is 8.02. The maximum atomic E-state index is 12.2. The Morgan fingerprint density at radius 2 is 1.96 bits per heavy atom. The van der Waals surface area contributed by atoms with Gasteiger partial charge in [-0.2, -0.15) is 0 Å². The van der Waals surface area contributed by atoms with Gasteiger partial charge in [-0.1, -0.05) is 0 Å². The number of carbonyl (C=O) groups excluding carboxylic acids is 2. The topological polar surface area (TPSA) is 105 Å². The molecule has 1 aromatic carbocycles. The van der Waals surface area contributed by atoms with Crippen molar-refractivity contribution in [3.8, 4) is 11.5 Å². The van der Waals surface area contributed by atoms with Crippen LogP contribution in [0.2, 0.25) is 0 Å². The first-order chi connectivity index (χ1) is 11.9. The number of carboxylic acid groups (broad SMARTS) is 1. The van der Waals surface area contributed by atoms with E-state index < -0.39 is 24.5 Å². The molecule has 0 atom stereocenters. The number of rotatable bonds is 7. The van der Waals surface area contributed by atoms with Gasteiger partial charge in [0.2, 0.25) is 0 Å². The number of hydrogen-bond acceptors (Lipinski definition) is 5. The fourth-order valence-corrected chi connectivity index (χ4v) is 2.81. The molecule has 9 heteroatoms. The Kier molecular flexibility index (Phi) is 6.02. The summed E-state index contributed by atoms with van der Waals surface area (Å²) in [6.07, 6.45) is 1.45. The highest BCUT2D eigenvalue weighted by Crippen LogP contribution is 2.37. The smallest absolute Gasteiger partial charge is 0.329 e. The zero-order valence-electron chi connectivity index (χ0n) is 13.7. The van der Waals surface area contributed by atoms with E-state index in [1.807, 2.05) is 13.8 Å². The zero-order chi connectivity index (χ0) is 18.6. The van der Waals surface area contributed by atoms with Crippen molar-refractivity contribution in [2.75, 3.05) is 19.8 Å². The van der Waals surface area contributed by atoms with E-state index in [1.54, 1.807) is 12.1 Å². The van der Waals surface area contributed by atoms with E-state index in [4.69, 9.17) is 14.6 Å².